The fraction of sp³-hybridized carbons (Fsp3) is 0.333. The number of amides is 1. The lowest BCUT2D eigenvalue weighted by atomic mass is 10.1. The van der Waals surface area contributed by atoms with Crippen LogP contribution in [0.1, 0.15) is 39.0 Å². The molecule has 0 radical (unpaired) electrons. The third kappa shape index (κ3) is 5.16. The average Bonchev–Trinajstić information content (AvgIpc) is 3.26. The molecule has 9 heteroatoms. The minimum atomic E-state index is -0.0437. The largest absolute Gasteiger partial charge is 0.494 e. The number of morpholine rings is 1. The smallest absolute Gasteiger partial charge is 0.253 e. The number of rotatable bonds is 10. The number of hydrogen-bond acceptors (Lipinski definition) is 7. The molecule has 1 aromatic heterocycles. The molecule has 36 heavy (non-hydrogen) atoms. The number of carbonyl (C=O) groups excluding carboxylic acids is 3. The third-order valence-electron chi connectivity index (χ3n) is 6.26. The van der Waals surface area contributed by atoms with Crippen LogP contribution in [0.15, 0.2) is 42.5 Å². The maximum atomic E-state index is 12.2. The second-order valence-corrected chi connectivity index (χ2v) is 8.56. The molecule has 0 spiro atoms. The molecule has 0 bridgehead atoms. The Morgan fingerprint density at radius 3 is 2.56 bits per heavy atom. The summed E-state index contributed by atoms with van der Waals surface area (Å²) in [6.07, 6.45) is 1.88. The maximum absolute atomic E-state index is 12.2. The molecule has 4 rings (SSSR count). The molecular weight excluding hydrogens is 460 g/mol. The molecule has 9 nitrogen and oxygen atoms in total. The second kappa shape index (κ2) is 11.2. The van der Waals surface area contributed by atoms with Crippen LogP contribution in [0, 0.1) is 6.92 Å². The van der Waals surface area contributed by atoms with Crippen molar-refractivity contribution in [3.63, 3.8) is 0 Å². The summed E-state index contributed by atoms with van der Waals surface area (Å²) in [5, 5.41) is 4.39. The first-order chi connectivity index (χ1) is 17.5. The van der Waals surface area contributed by atoms with Gasteiger partial charge >= 0.3 is 0 Å². The van der Waals surface area contributed by atoms with Gasteiger partial charge in [-0.1, -0.05) is 0 Å². The van der Waals surface area contributed by atoms with Crippen LogP contribution in [0.2, 0.25) is 0 Å². The average molecular weight is 491 g/mol. The first kappa shape index (κ1) is 25.1. The summed E-state index contributed by atoms with van der Waals surface area (Å²) >= 11 is 0. The number of benzene rings is 2. The lowest BCUT2D eigenvalue weighted by Gasteiger charge is -2.29. The summed E-state index contributed by atoms with van der Waals surface area (Å²) < 4.78 is 12.2. The zero-order chi connectivity index (χ0) is 25.7. The molecule has 1 saturated heterocycles. The van der Waals surface area contributed by atoms with E-state index in [1.807, 2.05) is 39.1 Å². The normalized spacial score (nSPS) is 13.5. The van der Waals surface area contributed by atoms with Crippen LogP contribution in [0.5, 0.6) is 5.75 Å². The number of ether oxygens (including phenoxy) is 2. The highest BCUT2D eigenvalue weighted by atomic mass is 16.5. The Kier molecular flexibility index (Phi) is 7.80. The van der Waals surface area contributed by atoms with Crippen LogP contribution < -0.4 is 14.5 Å². The zero-order valence-electron chi connectivity index (χ0n) is 20.8. The van der Waals surface area contributed by atoms with E-state index < -0.39 is 0 Å². The van der Waals surface area contributed by atoms with Crippen LogP contribution in [0.25, 0.3) is 5.69 Å². The fourth-order valence-electron chi connectivity index (χ4n) is 4.36. The Morgan fingerprint density at radius 1 is 1.14 bits per heavy atom. The van der Waals surface area contributed by atoms with E-state index in [0.717, 1.165) is 29.0 Å². The number of carbonyl (C=O) groups is 3. The quantitative estimate of drug-likeness (QED) is 0.403. The Bertz CT molecular complexity index is 1250. The minimum Gasteiger partial charge on any atom is -0.494 e. The maximum Gasteiger partial charge on any atom is 0.253 e. The first-order valence-corrected chi connectivity index (χ1v) is 11.9. The highest BCUT2D eigenvalue weighted by molar-refractivity contribution is 5.95. The molecule has 3 aromatic rings. The van der Waals surface area contributed by atoms with Gasteiger partial charge in [-0.2, -0.15) is 5.10 Å². The van der Waals surface area contributed by atoms with E-state index in [2.05, 4.69) is 10.00 Å². The minimum absolute atomic E-state index is 0.0437. The lowest BCUT2D eigenvalue weighted by molar-refractivity contribution is -0.125. The van der Waals surface area contributed by atoms with Crippen molar-refractivity contribution in [2.75, 3.05) is 49.8 Å². The van der Waals surface area contributed by atoms with Crippen molar-refractivity contribution in [3.8, 4) is 11.4 Å². The number of aromatic nitrogens is 2. The van der Waals surface area contributed by atoms with Gasteiger partial charge in [-0.05, 0) is 68.3 Å². The Morgan fingerprint density at radius 2 is 1.92 bits per heavy atom. The van der Waals surface area contributed by atoms with E-state index in [9.17, 15) is 14.4 Å². The molecule has 1 fully saturated rings. The summed E-state index contributed by atoms with van der Waals surface area (Å²) in [4.78, 5) is 39.8. The molecule has 0 aliphatic carbocycles. The topological polar surface area (TPSA) is 94.0 Å². The molecule has 0 saturated carbocycles. The zero-order valence-corrected chi connectivity index (χ0v) is 20.8. The number of likely N-dealkylation sites (N-methyl/N-ethyl adjacent to an activating group) is 1. The van der Waals surface area contributed by atoms with E-state index in [4.69, 9.17) is 9.47 Å². The first-order valence-electron chi connectivity index (χ1n) is 11.9. The third-order valence-corrected chi connectivity index (χ3v) is 6.26. The van der Waals surface area contributed by atoms with Crippen molar-refractivity contribution in [3.05, 3.63) is 65.0 Å². The van der Waals surface area contributed by atoms with E-state index >= 15 is 0 Å². The summed E-state index contributed by atoms with van der Waals surface area (Å²) in [6, 6.07) is 13.2. The van der Waals surface area contributed by atoms with Crippen molar-refractivity contribution in [2.45, 2.75) is 20.3 Å². The second-order valence-electron chi connectivity index (χ2n) is 8.56. The van der Waals surface area contributed by atoms with Gasteiger partial charge in [0.05, 0.1) is 18.9 Å². The number of hydrogen-bond donors (Lipinski definition) is 0. The Balaban J connectivity index is 1.52. The van der Waals surface area contributed by atoms with Gasteiger partial charge in [-0.15, -0.1) is 0 Å². The van der Waals surface area contributed by atoms with Gasteiger partial charge < -0.3 is 19.3 Å². The van der Waals surface area contributed by atoms with Gasteiger partial charge in [0.1, 0.15) is 23.7 Å². The van der Waals surface area contributed by atoms with Gasteiger partial charge in [0.2, 0.25) is 0 Å². The van der Waals surface area contributed by atoms with Gasteiger partial charge in [-0.3, -0.25) is 14.4 Å². The predicted molar refractivity (Wildman–Crippen MR) is 137 cm³/mol. The summed E-state index contributed by atoms with van der Waals surface area (Å²) in [6.45, 7) is 6.17. The van der Waals surface area contributed by atoms with Gasteiger partial charge in [0.15, 0.2) is 12.6 Å². The van der Waals surface area contributed by atoms with Crippen LogP contribution in [0.3, 0.4) is 0 Å². The number of nitrogens with zero attached hydrogens (tertiary/aromatic N) is 4. The van der Waals surface area contributed by atoms with E-state index in [-0.39, 0.29) is 18.2 Å². The number of aldehydes is 2. The fourth-order valence-corrected chi connectivity index (χ4v) is 4.36. The molecule has 0 atom stereocenters. The molecule has 188 valence electrons. The van der Waals surface area contributed by atoms with Gasteiger partial charge in [-0.25, -0.2) is 4.68 Å². The van der Waals surface area contributed by atoms with Crippen molar-refractivity contribution < 1.29 is 23.9 Å². The van der Waals surface area contributed by atoms with Gasteiger partial charge in [0.25, 0.3) is 5.91 Å². The Hall–Kier alpha value is -3.98. The highest BCUT2D eigenvalue weighted by Gasteiger charge is 2.22. The number of aryl methyl sites for hydroxylation is 1. The van der Waals surface area contributed by atoms with Crippen molar-refractivity contribution in [1.29, 1.82) is 0 Å². The lowest BCUT2D eigenvalue weighted by Crippen LogP contribution is -2.42. The van der Waals surface area contributed by atoms with Crippen molar-refractivity contribution >= 4 is 29.9 Å². The van der Waals surface area contributed by atoms with Crippen LogP contribution >= 0.6 is 0 Å². The molecule has 2 aromatic carbocycles. The summed E-state index contributed by atoms with van der Waals surface area (Å²) in [5.74, 6) is 0.676. The number of anilines is 2. The molecule has 2 heterocycles. The van der Waals surface area contributed by atoms with E-state index in [1.54, 1.807) is 29.2 Å². The summed E-state index contributed by atoms with van der Waals surface area (Å²) in [5.41, 5.74) is 4.71. The highest BCUT2D eigenvalue weighted by Crippen LogP contribution is 2.27. The molecule has 0 N–H and O–H groups in total. The Labute approximate surface area is 210 Å². The van der Waals surface area contributed by atoms with Crippen molar-refractivity contribution in [1.82, 2.24) is 9.78 Å². The predicted octanol–water partition coefficient (Wildman–Crippen LogP) is 3.25. The van der Waals surface area contributed by atoms with Crippen LogP contribution in [0.4, 0.5) is 11.4 Å². The van der Waals surface area contributed by atoms with Crippen LogP contribution in [-0.4, -0.2) is 68.2 Å². The summed E-state index contributed by atoms with van der Waals surface area (Å²) in [7, 11) is 1.95. The molecular formula is C27H30N4O5. The van der Waals surface area contributed by atoms with Crippen LogP contribution in [-0.2, 0) is 16.0 Å². The van der Waals surface area contributed by atoms with E-state index in [0.29, 0.717) is 56.0 Å². The molecule has 1 aliphatic rings. The molecule has 0 unspecified atom stereocenters. The van der Waals surface area contributed by atoms with Crippen molar-refractivity contribution in [2.24, 2.45) is 0 Å². The van der Waals surface area contributed by atoms with E-state index in [1.165, 1.54) is 4.68 Å². The monoisotopic (exact) mass is 490 g/mol. The van der Waals surface area contributed by atoms with Gasteiger partial charge in [0, 0.05) is 37.1 Å². The SMILES string of the molecule is CCOc1ccc(-n2nc(C=O)c(CCN(C)c3ccc(N4CCOCC4=O)c(C)c3)c2C=O)cc1. The standard InChI is InChI=1S/C27H30N4O5/c1-4-36-22-8-5-20(6-9-22)31-26(17-33)23(24(16-32)28-31)11-12-29(3)21-7-10-25(19(2)15-21)30-13-14-35-18-27(30)34/h5-10,15-17H,4,11-14,18H2,1-3H3. The molecule has 1 amide bonds. The molecule has 1 aliphatic heterocycles.